The molecule has 2 nitrogen and oxygen atoms in total. The highest BCUT2D eigenvalue weighted by Gasteiger charge is 2.48. The maximum Gasteiger partial charge on any atom is 0.313 e. The molecule has 22 heavy (non-hydrogen) atoms. The van der Waals surface area contributed by atoms with Gasteiger partial charge in [0.15, 0.2) is 0 Å². The van der Waals surface area contributed by atoms with Crippen LogP contribution in [0, 0.1) is 11.8 Å². The normalized spacial score (nSPS) is 19.8. The van der Waals surface area contributed by atoms with Crippen LogP contribution in [0.1, 0.15) is 12.5 Å². The van der Waals surface area contributed by atoms with Crippen molar-refractivity contribution in [3.05, 3.63) is 72.3 Å². The number of carbonyl (C=O) groups is 1. The molecule has 2 aromatic rings. The third-order valence-corrected chi connectivity index (χ3v) is 4.25. The van der Waals surface area contributed by atoms with Gasteiger partial charge >= 0.3 is 5.97 Å². The van der Waals surface area contributed by atoms with Crippen LogP contribution in [0.2, 0.25) is 0 Å². The van der Waals surface area contributed by atoms with Gasteiger partial charge in [0.1, 0.15) is 0 Å². The molecule has 1 aliphatic rings. The van der Waals surface area contributed by atoms with E-state index >= 15 is 0 Å². The van der Waals surface area contributed by atoms with Crippen LogP contribution in [0.25, 0.3) is 11.1 Å². The molecule has 0 heterocycles. The monoisotopic (exact) mass is 292 g/mol. The van der Waals surface area contributed by atoms with Gasteiger partial charge in [-0.2, -0.15) is 0 Å². The van der Waals surface area contributed by atoms with Crippen LogP contribution in [0.15, 0.2) is 66.7 Å². The lowest BCUT2D eigenvalue weighted by Crippen LogP contribution is -2.08. The van der Waals surface area contributed by atoms with Crippen molar-refractivity contribution >= 4 is 5.97 Å². The summed E-state index contributed by atoms with van der Waals surface area (Å²) in [7, 11) is 0. The van der Waals surface area contributed by atoms with Crippen LogP contribution in [0.3, 0.4) is 0 Å². The van der Waals surface area contributed by atoms with E-state index in [0.717, 1.165) is 12.0 Å². The molecule has 2 heteroatoms. The molecule has 0 saturated heterocycles. The molecule has 0 spiro atoms. The van der Waals surface area contributed by atoms with Gasteiger partial charge in [-0.1, -0.05) is 66.7 Å². The predicted octanol–water partition coefficient (Wildman–Crippen LogP) is 4.26. The van der Waals surface area contributed by atoms with Crippen LogP contribution in [-0.2, 0) is 16.0 Å². The van der Waals surface area contributed by atoms with E-state index in [9.17, 15) is 4.79 Å². The van der Waals surface area contributed by atoms with Gasteiger partial charge in [-0.3, -0.25) is 4.79 Å². The first-order valence-corrected chi connectivity index (χ1v) is 7.71. The molecule has 2 aromatic carbocycles. The second-order valence-corrected chi connectivity index (χ2v) is 5.64. The molecule has 0 aromatic heterocycles. The fraction of sp³-hybridized carbons (Fsp3) is 0.250. The molecule has 2 atom stereocenters. The van der Waals surface area contributed by atoms with Crippen LogP contribution in [-0.4, -0.2) is 12.6 Å². The third-order valence-electron chi connectivity index (χ3n) is 4.25. The lowest BCUT2D eigenvalue weighted by molar-refractivity contribution is -0.144. The van der Waals surface area contributed by atoms with E-state index < -0.39 is 0 Å². The van der Waals surface area contributed by atoms with Gasteiger partial charge in [-0.25, -0.2) is 0 Å². The van der Waals surface area contributed by atoms with Crippen molar-refractivity contribution in [1.29, 1.82) is 0 Å². The Balaban J connectivity index is 1.80. The molecule has 3 rings (SSSR count). The van der Waals surface area contributed by atoms with Gasteiger partial charge in [-0.05, 0) is 30.0 Å². The van der Waals surface area contributed by atoms with Gasteiger partial charge in [0, 0.05) is 5.92 Å². The molecule has 1 aliphatic carbocycles. The van der Waals surface area contributed by atoms with E-state index in [1.165, 1.54) is 16.7 Å². The van der Waals surface area contributed by atoms with E-state index in [0.29, 0.717) is 6.61 Å². The Bertz CT molecular complexity index is 688. The zero-order valence-corrected chi connectivity index (χ0v) is 12.8. The summed E-state index contributed by atoms with van der Waals surface area (Å²) in [5.41, 5.74) is 4.69. The fourth-order valence-electron chi connectivity index (χ4n) is 3.01. The van der Waals surface area contributed by atoms with Gasteiger partial charge in [0.2, 0.25) is 0 Å². The molecule has 0 radical (unpaired) electrons. The number of rotatable bonds is 5. The summed E-state index contributed by atoms with van der Waals surface area (Å²) in [5.74, 6) is -0.0395. The van der Waals surface area contributed by atoms with Crippen molar-refractivity contribution in [2.45, 2.75) is 13.3 Å². The average Bonchev–Trinajstić information content (AvgIpc) is 3.18. The lowest BCUT2D eigenvalue weighted by atomic mass is 9.96. The van der Waals surface area contributed by atoms with Gasteiger partial charge in [0.25, 0.3) is 0 Å². The maximum absolute atomic E-state index is 11.9. The summed E-state index contributed by atoms with van der Waals surface area (Å²) >= 11 is 0. The predicted molar refractivity (Wildman–Crippen MR) is 88.3 cm³/mol. The molecular weight excluding hydrogens is 272 g/mol. The maximum atomic E-state index is 11.9. The zero-order valence-electron chi connectivity index (χ0n) is 12.8. The van der Waals surface area contributed by atoms with E-state index in [-0.39, 0.29) is 17.8 Å². The van der Waals surface area contributed by atoms with Crippen LogP contribution >= 0.6 is 0 Å². The van der Waals surface area contributed by atoms with Crippen molar-refractivity contribution in [3.8, 4) is 11.1 Å². The molecular formula is C20H20O2. The summed E-state index contributed by atoms with van der Waals surface area (Å²) in [6.45, 7) is 6.29. The number of hydrogen-bond acceptors (Lipinski definition) is 2. The average molecular weight is 292 g/mol. The molecule has 0 bridgehead atoms. The highest BCUT2D eigenvalue weighted by molar-refractivity contribution is 5.82. The van der Waals surface area contributed by atoms with E-state index in [1.54, 1.807) is 0 Å². The largest absolute Gasteiger partial charge is 0.466 e. The van der Waals surface area contributed by atoms with E-state index in [2.05, 4.69) is 36.9 Å². The number of benzene rings is 2. The number of esters is 1. The van der Waals surface area contributed by atoms with Crippen LogP contribution in [0.5, 0.6) is 0 Å². The summed E-state index contributed by atoms with van der Waals surface area (Å²) in [4.78, 5) is 11.9. The van der Waals surface area contributed by atoms with E-state index in [1.807, 2.05) is 31.2 Å². The molecule has 2 unspecified atom stereocenters. The highest BCUT2D eigenvalue weighted by atomic mass is 16.5. The Hall–Kier alpha value is -2.35. The molecule has 112 valence electrons. The number of ether oxygens (including phenoxy) is 1. The Labute approximate surface area is 131 Å². The summed E-state index contributed by atoms with van der Waals surface area (Å²) in [5, 5.41) is 0. The Morgan fingerprint density at radius 2 is 1.77 bits per heavy atom. The first-order valence-electron chi connectivity index (χ1n) is 7.71. The van der Waals surface area contributed by atoms with E-state index in [4.69, 9.17) is 4.74 Å². The number of hydrogen-bond donors (Lipinski definition) is 0. The van der Waals surface area contributed by atoms with Crippen molar-refractivity contribution in [2.24, 2.45) is 11.8 Å². The molecule has 1 saturated carbocycles. The molecule has 0 N–H and O–H groups in total. The number of carbonyl (C=O) groups excluding carboxylic acids is 1. The summed E-state index contributed by atoms with van der Waals surface area (Å²) < 4.78 is 5.12. The Kier molecular flexibility index (Phi) is 4.10. The second kappa shape index (κ2) is 6.18. The van der Waals surface area contributed by atoms with Gasteiger partial charge < -0.3 is 4.74 Å². The standard InChI is InChI=1S/C20H20O2/c1-3-22-20(21)19-14(2)18(19)13-16-11-7-8-12-17(16)15-9-5-4-6-10-15/h4-12,18-19H,2-3,13H2,1H3. The van der Waals surface area contributed by atoms with Crippen molar-refractivity contribution in [3.63, 3.8) is 0 Å². The van der Waals surface area contributed by atoms with Crippen molar-refractivity contribution < 1.29 is 9.53 Å². The minimum absolute atomic E-state index is 0.122. The first-order chi connectivity index (χ1) is 10.7. The van der Waals surface area contributed by atoms with Crippen molar-refractivity contribution in [1.82, 2.24) is 0 Å². The molecule has 0 aliphatic heterocycles. The first kappa shape index (κ1) is 14.6. The van der Waals surface area contributed by atoms with Gasteiger partial charge in [-0.15, -0.1) is 0 Å². The minimum atomic E-state index is -0.130. The SMILES string of the molecule is C=C1C(Cc2ccccc2-c2ccccc2)C1C(=O)OCC. The summed E-state index contributed by atoms with van der Waals surface area (Å²) in [6.07, 6.45) is 0.841. The quantitative estimate of drug-likeness (QED) is 0.608. The summed E-state index contributed by atoms with van der Waals surface area (Å²) in [6, 6.07) is 18.7. The Morgan fingerprint density at radius 3 is 2.50 bits per heavy atom. The van der Waals surface area contributed by atoms with Crippen LogP contribution < -0.4 is 0 Å². The lowest BCUT2D eigenvalue weighted by Gasteiger charge is -2.09. The topological polar surface area (TPSA) is 26.3 Å². The van der Waals surface area contributed by atoms with Crippen molar-refractivity contribution in [2.75, 3.05) is 6.61 Å². The highest BCUT2D eigenvalue weighted by Crippen LogP contribution is 2.48. The zero-order chi connectivity index (χ0) is 15.5. The van der Waals surface area contributed by atoms with Gasteiger partial charge in [0.05, 0.1) is 12.5 Å². The third kappa shape index (κ3) is 2.82. The Morgan fingerprint density at radius 1 is 1.09 bits per heavy atom. The minimum Gasteiger partial charge on any atom is -0.466 e. The van der Waals surface area contributed by atoms with Crippen LogP contribution in [0.4, 0.5) is 0 Å². The second-order valence-electron chi connectivity index (χ2n) is 5.64. The fourth-order valence-corrected chi connectivity index (χ4v) is 3.01. The smallest absolute Gasteiger partial charge is 0.313 e. The molecule has 1 fully saturated rings. The molecule has 0 amide bonds.